The second-order valence-corrected chi connectivity index (χ2v) is 9.60. The zero-order valence-electron chi connectivity index (χ0n) is 20.6. The minimum atomic E-state index is -1.04. The molecule has 5 rings (SSSR count). The highest BCUT2D eigenvalue weighted by molar-refractivity contribution is 6.31. The summed E-state index contributed by atoms with van der Waals surface area (Å²) in [5, 5.41) is 1.71. The van der Waals surface area contributed by atoms with E-state index in [0.717, 1.165) is 18.3 Å². The Morgan fingerprint density at radius 1 is 1.13 bits per heavy atom. The first-order chi connectivity index (χ1) is 18.7. The minimum Gasteiger partial charge on any atom is -0.483 e. The Morgan fingerprint density at radius 2 is 1.87 bits per heavy atom. The lowest BCUT2D eigenvalue weighted by Crippen LogP contribution is -2.49. The molecule has 8 nitrogen and oxygen atoms in total. The van der Waals surface area contributed by atoms with E-state index in [1.54, 1.807) is 37.3 Å². The van der Waals surface area contributed by atoms with Crippen LogP contribution in [0.5, 0.6) is 5.75 Å². The van der Waals surface area contributed by atoms with Gasteiger partial charge < -0.3 is 19.5 Å². The Bertz CT molecular complexity index is 1590. The Labute approximate surface area is 226 Å². The number of nitrogens with one attached hydrogen (secondary N) is 1. The van der Waals surface area contributed by atoms with Crippen LogP contribution in [0.3, 0.4) is 0 Å². The Hall–Kier alpha value is -4.31. The fraction of sp³-hybridized carbons (Fsp3) is 0.214. The van der Waals surface area contributed by atoms with Gasteiger partial charge in [0.05, 0.1) is 0 Å². The van der Waals surface area contributed by atoms with Crippen LogP contribution in [0.15, 0.2) is 65.6 Å². The molecule has 2 aromatic carbocycles. The predicted octanol–water partition coefficient (Wildman–Crippen LogP) is 3.81. The van der Waals surface area contributed by atoms with Gasteiger partial charge >= 0.3 is 0 Å². The molecule has 1 N–H and O–H groups in total. The highest BCUT2D eigenvalue weighted by Crippen LogP contribution is 2.31. The summed E-state index contributed by atoms with van der Waals surface area (Å²) in [4.78, 5) is 54.7. The van der Waals surface area contributed by atoms with Crippen molar-refractivity contribution in [3.05, 3.63) is 110 Å². The average molecular weight is 554 g/mol. The standard InChI is InChI=1S/C28H22ClF2N3O5/c1-15-7-10-21(35)20-13-33(15)28(38)24-26(39-14-16-5-3-2-4-6-16)25(36)18(12-34(20)24)27(37)32-11-17-8-9-19(30)22(29)23(17)31/h2-10,12,15,20H,11,13-14H2,1H3,(H,32,37)/t15-,20+/m0/s1. The molecule has 2 amide bonds. The van der Waals surface area contributed by atoms with E-state index in [4.69, 9.17) is 16.3 Å². The van der Waals surface area contributed by atoms with Gasteiger partial charge in [0.15, 0.2) is 17.2 Å². The summed E-state index contributed by atoms with van der Waals surface area (Å²) in [6.45, 7) is 1.32. The SMILES string of the molecule is C[C@H]1C=CC(=O)[C@H]2CN1C(=O)c1c(OCc3ccccc3)c(=O)c(C(=O)NCc3ccc(F)c(Cl)c3F)cn12. The number of hydrogen-bond donors (Lipinski definition) is 1. The van der Waals surface area contributed by atoms with Crippen LogP contribution in [0.1, 0.15) is 44.9 Å². The second kappa shape index (κ2) is 10.5. The maximum atomic E-state index is 14.3. The first-order valence-electron chi connectivity index (χ1n) is 12.1. The van der Waals surface area contributed by atoms with Gasteiger partial charge in [0.1, 0.15) is 34.9 Å². The molecular formula is C28H22ClF2N3O5. The first-order valence-corrected chi connectivity index (χ1v) is 12.4. The summed E-state index contributed by atoms with van der Waals surface area (Å²) in [5.74, 6) is -4.10. The summed E-state index contributed by atoms with van der Waals surface area (Å²) in [6, 6.07) is 9.69. The lowest BCUT2D eigenvalue weighted by molar-refractivity contribution is -0.118. The smallest absolute Gasteiger partial charge is 0.275 e. The van der Waals surface area contributed by atoms with Crippen molar-refractivity contribution in [2.24, 2.45) is 0 Å². The fourth-order valence-corrected chi connectivity index (χ4v) is 4.77. The van der Waals surface area contributed by atoms with E-state index < -0.39 is 58.1 Å². The van der Waals surface area contributed by atoms with Gasteiger partial charge in [0, 0.05) is 30.9 Å². The van der Waals surface area contributed by atoms with Crippen molar-refractivity contribution < 1.29 is 27.9 Å². The quantitative estimate of drug-likeness (QED) is 0.468. The molecule has 1 aromatic heterocycles. The first kappa shape index (κ1) is 26.3. The Morgan fingerprint density at radius 3 is 2.62 bits per heavy atom. The molecule has 0 aliphatic carbocycles. The summed E-state index contributed by atoms with van der Waals surface area (Å²) in [7, 11) is 0. The van der Waals surface area contributed by atoms with E-state index in [-0.39, 0.29) is 35.9 Å². The number of halogens is 3. The third kappa shape index (κ3) is 4.83. The molecule has 3 aromatic rings. The topological polar surface area (TPSA) is 97.7 Å². The van der Waals surface area contributed by atoms with Crippen molar-refractivity contribution in [1.82, 2.24) is 14.8 Å². The van der Waals surface area contributed by atoms with Crippen molar-refractivity contribution in [1.29, 1.82) is 0 Å². The molecule has 200 valence electrons. The zero-order chi connectivity index (χ0) is 27.8. The Balaban J connectivity index is 1.57. The maximum Gasteiger partial charge on any atom is 0.275 e. The normalized spacial score (nSPS) is 18.0. The molecule has 0 spiro atoms. The molecule has 2 bridgehead atoms. The van der Waals surface area contributed by atoms with Gasteiger partial charge in [-0.15, -0.1) is 0 Å². The van der Waals surface area contributed by atoms with Crippen LogP contribution < -0.4 is 15.5 Å². The number of carbonyl (C=O) groups is 3. The van der Waals surface area contributed by atoms with Crippen LogP contribution in [0.25, 0.3) is 0 Å². The predicted molar refractivity (Wildman–Crippen MR) is 138 cm³/mol. The van der Waals surface area contributed by atoms with Crippen LogP contribution in [0.4, 0.5) is 8.78 Å². The molecule has 11 heteroatoms. The van der Waals surface area contributed by atoms with Gasteiger partial charge in [-0.1, -0.05) is 54.1 Å². The molecule has 0 radical (unpaired) electrons. The number of carbonyl (C=O) groups excluding carboxylic acids is 3. The lowest BCUT2D eigenvalue weighted by atomic mass is 10.0. The number of rotatable bonds is 6. The van der Waals surface area contributed by atoms with Crippen LogP contribution in [0, 0.1) is 11.6 Å². The molecular weight excluding hydrogens is 532 g/mol. The van der Waals surface area contributed by atoms with Crippen molar-refractivity contribution in [2.45, 2.75) is 32.2 Å². The molecule has 2 atom stereocenters. The summed E-state index contributed by atoms with van der Waals surface area (Å²) in [6.07, 6.45) is 4.13. The van der Waals surface area contributed by atoms with E-state index in [2.05, 4.69) is 5.32 Å². The number of benzene rings is 2. The van der Waals surface area contributed by atoms with Gasteiger partial charge in [-0.25, -0.2) is 8.78 Å². The molecule has 2 aliphatic rings. The van der Waals surface area contributed by atoms with E-state index >= 15 is 0 Å². The summed E-state index contributed by atoms with van der Waals surface area (Å²) < 4.78 is 35.0. The molecule has 0 unspecified atom stereocenters. The fourth-order valence-electron chi connectivity index (χ4n) is 4.58. The summed E-state index contributed by atoms with van der Waals surface area (Å²) >= 11 is 5.62. The lowest BCUT2D eigenvalue weighted by Gasteiger charge is -2.36. The van der Waals surface area contributed by atoms with E-state index in [0.29, 0.717) is 5.56 Å². The number of ether oxygens (including phenoxy) is 1. The molecule has 0 fully saturated rings. The minimum absolute atomic E-state index is 0.0418. The second-order valence-electron chi connectivity index (χ2n) is 9.22. The number of aromatic nitrogens is 1. The van der Waals surface area contributed by atoms with Crippen LogP contribution in [-0.2, 0) is 17.9 Å². The van der Waals surface area contributed by atoms with Gasteiger partial charge in [0.2, 0.25) is 5.43 Å². The van der Waals surface area contributed by atoms with Crippen LogP contribution >= 0.6 is 11.6 Å². The third-order valence-corrected chi connectivity index (χ3v) is 7.09. The summed E-state index contributed by atoms with van der Waals surface area (Å²) in [5.41, 5.74) is -0.804. The number of nitrogens with zero attached hydrogens (tertiary/aromatic N) is 2. The zero-order valence-corrected chi connectivity index (χ0v) is 21.4. The van der Waals surface area contributed by atoms with Crippen molar-refractivity contribution in [3.8, 4) is 5.75 Å². The maximum absolute atomic E-state index is 14.3. The number of pyridine rings is 1. The van der Waals surface area contributed by atoms with Crippen LogP contribution in [-0.4, -0.2) is 39.7 Å². The molecule has 0 saturated heterocycles. The van der Waals surface area contributed by atoms with Gasteiger partial charge in [-0.3, -0.25) is 19.2 Å². The monoisotopic (exact) mass is 553 g/mol. The largest absolute Gasteiger partial charge is 0.483 e. The molecule has 39 heavy (non-hydrogen) atoms. The molecule has 0 saturated carbocycles. The van der Waals surface area contributed by atoms with Gasteiger partial charge in [-0.2, -0.15) is 0 Å². The number of allylic oxidation sites excluding steroid dienone is 1. The highest BCUT2D eigenvalue weighted by Gasteiger charge is 2.41. The van der Waals surface area contributed by atoms with Gasteiger partial charge in [0.25, 0.3) is 11.8 Å². The highest BCUT2D eigenvalue weighted by atomic mass is 35.5. The Kier molecular flexibility index (Phi) is 7.05. The van der Waals surface area contributed by atoms with Gasteiger partial charge in [-0.05, 0) is 24.6 Å². The van der Waals surface area contributed by atoms with E-state index in [1.807, 2.05) is 6.07 Å². The number of amides is 2. The van der Waals surface area contributed by atoms with Crippen molar-refractivity contribution in [3.63, 3.8) is 0 Å². The number of fused-ring (bicyclic) bond motifs is 4. The molecule has 3 heterocycles. The number of hydrogen-bond acceptors (Lipinski definition) is 5. The van der Waals surface area contributed by atoms with E-state index in [9.17, 15) is 28.0 Å². The van der Waals surface area contributed by atoms with Crippen LogP contribution in [0.2, 0.25) is 5.02 Å². The van der Waals surface area contributed by atoms with Crippen molar-refractivity contribution in [2.75, 3.05) is 6.54 Å². The van der Waals surface area contributed by atoms with Crippen molar-refractivity contribution >= 4 is 29.2 Å². The molecule has 2 aliphatic heterocycles. The average Bonchev–Trinajstić information content (AvgIpc) is 3.06. The number of ketones is 1. The third-order valence-electron chi connectivity index (χ3n) is 6.75. The van der Waals surface area contributed by atoms with E-state index in [1.165, 1.54) is 15.5 Å².